The Morgan fingerprint density at radius 2 is 2.08 bits per heavy atom. The Hall–Kier alpha value is 1.35. The lowest BCUT2D eigenvalue weighted by Gasteiger charge is -2.26. The van der Waals surface area contributed by atoms with Gasteiger partial charge in [0, 0.05) is 21.8 Å². The lowest BCUT2D eigenvalue weighted by Crippen LogP contribution is -2.38. The molecule has 2 nitrogen and oxygen atoms in total. The lowest BCUT2D eigenvalue weighted by atomic mass is 10.5. The maximum Gasteiger partial charge on any atom is 0.158 e. The summed E-state index contributed by atoms with van der Waals surface area (Å²) in [5.74, 6) is 0. The van der Waals surface area contributed by atoms with E-state index in [1.807, 2.05) is 0 Å². The van der Waals surface area contributed by atoms with E-state index in [0.29, 0.717) is 8.55 Å². The SMILES string of the molecule is C1CO[SiH2][SiH](S[SiH]2CCO[SiH2][SiH2]2)C1. The van der Waals surface area contributed by atoms with Crippen LogP contribution in [0.3, 0.4) is 0 Å². The quantitative estimate of drug-likeness (QED) is 0.539. The van der Waals surface area contributed by atoms with E-state index in [1.165, 1.54) is 12.5 Å². The Labute approximate surface area is 93.1 Å². The van der Waals surface area contributed by atoms with E-state index in [-0.39, 0.29) is 33.5 Å². The summed E-state index contributed by atoms with van der Waals surface area (Å²) in [6.45, 7) is 2.27. The van der Waals surface area contributed by atoms with Crippen molar-refractivity contribution in [3.8, 4) is 0 Å². The molecule has 2 heterocycles. The lowest BCUT2D eigenvalue weighted by molar-refractivity contribution is 0.336. The maximum atomic E-state index is 5.72. The van der Waals surface area contributed by atoms with Crippen LogP contribution in [0.5, 0.6) is 0 Å². The minimum atomic E-state index is -0.303. The molecule has 0 bridgehead atoms. The van der Waals surface area contributed by atoms with Gasteiger partial charge in [-0.1, -0.05) is 0 Å². The summed E-state index contributed by atoms with van der Waals surface area (Å²) >= 11 is 0. The summed E-state index contributed by atoms with van der Waals surface area (Å²) in [5.41, 5.74) is 0. The molecule has 0 aromatic heterocycles. The predicted molar refractivity (Wildman–Crippen MR) is 73.7 cm³/mol. The highest BCUT2D eigenvalue weighted by atomic mass is 32.5. The zero-order chi connectivity index (χ0) is 8.93. The highest BCUT2D eigenvalue weighted by Crippen LogP contribution is 2.21. The summed E-state index contributed by atoms with van der Waals surface area (Å²) in [7, 11) is 2.58. The van der Waals surface area contributed by atoms with Crippen LogP contribution >= 0.6 is 10.7 Å². The summed E-state index contributed by atoms with van der Waals surface area (Å²) in [6.07, 6.45) is 1.40. The predicted octanol–water partition coefficient (Wildman–Crippen LogP) is -2.14. The first-order valence-electron chi connectivity index (χ1n) is 5.26. The highest BCUT2D eigenvalue weighted by molar-refractivity contribution is 8.51. The molecular formula is C5H18O2SSi5. The van der Waals surface area contributed by atoms with Crippen LogP contribution in [0.25, 0.3) is 0 Å². The van der Waals surface area contributed by atoms with E-state index < -0.39 is 0 Å². The normalized spacial score (nSPS) is 41.5. The van der Waals surface area contributed by atoms with Gasteiger partial charge < -0.3 is 8.85 Å². The Morgan fingerprint density at radius 1 is 1.08 bits per heavy atom. The van der Waals surface area contributed by atoms with Crippen molar-refractivity contribution < 1.29 is 8.85 Å². The summed E-state index contributed by atoms with van der Waals surface area (Å²) in [5, 5.41) is 0. The molecule has 0 aromatic rings. The van der Waals surface area contributed by atoms with Gasteiger partial charge in [-0.2, -0.15) is 0 Å². The van der Waals surface area contributed by atoms with Crippen molar-refractivity contribution in [2.24, 2.45) is 0 Å². The maximum absolute atomic E-state index is 5.72. The number of rotatable bonds is 2. The second-order valence-electron chi connectivity index (χ2n) is 3.79. The molecule has 0 aromatic carbocycles. The molecule has 2 fully saturated rings. The molecule has 2 aliphatic rings. The van der Waals surface area contributed by atoms with Gasteiger partial charge in [-0.3, -0.25) is 0 Å². The molecule has 0 spiro atoms. The summed E-state index contributed by atoms with van der Waals surface area (Å²) < 4.78 is 11.3. The van der Waals surface area contributed by atoms with E-state index in [2.05, 4.69) is 10.7 Å². The van der Waals surface area contributed by atoms with Crippen LogP contribution in [0.4, 0.5) is 0 Å². The van der Waals surface area contributed by atoms with Crippen molar-refractivity contribution >= 4 is 52.7 Å². The van der Waals surface area contributed by atoms with Crippen molar-refractivity contribution in [2.45, 2.75) is 18.5 Å². The molecule has 76 valence electrons. The number of hydrogen-bond donors (Lipinski definition) is 0. The fourth-order valence-electron chi connectivity index (χ4n) is 1.90. The van der Waals surface area contributed by atoms with Gasteiger partial charge in [0.25, 0.3) is 0 Å². The third kappa shape index (κ3) is 3.78. The van der Waals surface area contributed by atoms with Crippen molar-refractivity contribution in [3.63, 3.8) is 0 Å². The van der Waals surface area contributed by atoms with Gasteiger partial charge in [-0.15, -0.1) is 0 Å². The first kappa shape index (κ1) is 10.9. The van der Waals surface area contributed by atoms with Crippen LogP contribution in [-0.4, -0.2) is 55.3 Å². The average molecular weight is 283 g/mol. The van der Waals surface area contributed by atoms with Gasteiger partial charge in [0.05, 0.1) is 7.46 Å². The van der Waals surface area contributed by atoms with Crippen molar-refractivity contribution in [3.05, 3.63) is 0 Å². The molecular weight excluding hydrogens is 265 g/mol. The average Bonchev–Trinajstić information content (AvgIpc) is 2.21. The molecule has 2 aliphatic heterocycles. The van der Waals surface area contributed by atoms with Gasteiger partial charge in [-0.05, 0) is 18.5 Å². The first-order chi connectivity index (χ1) is 6.45. The minimum Gasteiger partial charge on any atom is -0.428 e. The van der Waals surface area contributed by atoms with Gasteiger partial charge >= 0.3 is 0 Å². The molecule has 0 amide bonds. The first-order valence-corrected chi connectivity index (χ1v) is 22.4. The number of hydrogen-bond acceptors (Lipinski definition) is 3. The Balaban J connectivity index is 1.69. The molecule has 0 aliphatic carbocycles. The zero-order valence-electron chi connectivity index (χ0n) is 8.04. The molecule has 8 heteroatoms. The molecule has 2 saturated heterocycles. The third-order valence-corrected chi connectivity index (χ3v) is 52.1. The monoisotopic (exact) mass is 282 g/mol. The van der Waals surface area contributed by atoms with Gasteiger partial charge in [0.2, 0.25) is 0 Å². The van der Waals surface area contributed by atoms with Crippen molar-refractivity contribution in [1.82, 2.24) is 0 Å². The second kappa shape index (κ2) is 6.05. The van der Waals surface area contributed by atoms with Gasteiger partial charge in [-0.25, -0.2) is 10.7 Å². The van der Waals surface area contributed by atoms with Crippen molar-refractivity contribution in [2.75, 3.05) is 13.2 Å². The molecule has 2 atom stereocenters. The molecule has 2 rings (SSSR count). The Kier molecular flexibility index (Phi) is 5.05. The van der Waals surface area contributed by atoms with Crippen LogP contribution in [0, 0.1) is 0 Å². The molecule has 0 N–H and O–H groups in total. The largest absolute Gasteiger partial charge is 0.428 e. The van der Waals surface area contributed by atoms with Crippen LogP contribution in [-0.2, 0) is 8.85 Å². The minimum absolute atomic E-state index is 0.0109. The van der Waals surface area contributed by atoms with E-state index in [9.17, 15) is 0 Å². The molecule has 0 radical (unpaired) electrons. The topological polar surface area (TPSA) is 18.5 Å². The van der Waals surface area contributed by atoms with E-state index in [0.717, 1.165) is 13.2 Å². The Morgan fingerprint density at radius 3 is 2.77 bits per heavy atom. The Bertz CT molecular complexity index is 134. The van der Waals surface area contributed by atoms with E-state index in [4.69, 9.17) is 8.85 Å². The van der Waals surface area contributed by atoms with Gasteiger partial charge in [0.1, 0.15) is 16.7 Å². The smallest absolute Gasteiger partial charge is 0.158 e. The van der Waals surface area contributed by atoms with Crippen LogP contribution in [0.1, 0.15) is 6.42 Å². The fraction of sp³-hybridized carbons (Fsp3) is 1.00. The highest BCUT2D eigenvalue weighted by Gasteiger charge is 2.24. The van der Waals surface area contributed by atoms with E-state index >= 15 is 0 Å². The molecule has 2 unspecified atom stereocenters. The standard InChI is InChI=1S/C5H18O2SSi5/c1-2-7-10-12(4-1)8-13-5-3-6-9-11-13/h12-13H,1-5,9-11H2. The second-order valence-corrected chi connectivity index (χ2v) is 35.7. The molecule has 13 heavy (non-hydrogen) atoms. The summed E-state index contributed by atoms with van der Waals surface area (Å²) in [4.78, 5) is 0. The fourth-order valence-corrected chi connectivity index (χ4v) is 74.1. The molecule has 0 saturated carbocycles. The van der Waals surface area contributed by atoms with Gasteiger partial charge in [0.15, 0.2) is 9.28 Å². The summed E-state index contributed by atoms with van der Waals surface area (Å²) in [6, 6.07) is 3.15. The van der Waals surface area contributed by atoms with Crippen LogP contribution < -0.4 is 0 Å². The van der Waals surface area contributed by atoms with Crippen LogP contribution in [0.15, 0.2) is 0 Å². The van der Waals surface area contributed by atoms with Crippen LogP contribution in [0.2, 0.25) is 12.1 Å². The van der Waals surface area contributed by atoms with Crippen molar-refractivity contribution in [1.29, 1.82) is 0 Å². The zero-order valence-corrected chi connectivity index (χ0v) is 15.4. The van der Waals surface area contributed by atoms with E-state index in [1.54, 1.807) is 6.04 Å². The third-order valence-electron chi connectivity index (χ3n) is 2.67.